The van der Waals surface area contributed by atoms with Gasteiger partial charge in [0.05, 0.1) is 35.5 Å². The van der Waals surface area contributed by atoms with E-state index in [1.807, 2.05) is 39.8 Å². The first kappa shape index (κ1) is 52.0. The fraction of sp³-hybridized carbons (Fsp3) is 0.342. The van der Waals surface area contributed by atoms with Crippen LogP contribution in [0.5, 0.6) is 0 Å². The molecule has 5 heterocycles. The second kappa shape index (κ2) is 21.8. The summed E-state index contributed by atoms with van der Waals surface area (Å²) < 4.78 is 0. The topological polar surface area (TPSA) is 236 Å². The van der Waals surface area contributed by atoms with E-state index < -0.39 is 60.5 Å². The summed E-state index contributed by atoms with van der Waals surface area (Å²) in [5.74, 6) is -7.32. The van der Waals surface area contributed by atoms with Crippen LogP contribution >= 0.6 is 0 Å². The fourth-order valence-electron chi connectivity index (χ4n) is 7.16. The minimum absolute atomic E-state index is 0. The maximum absolute atomic E-state index is 13.6. The number of carboxylic acid groups (broad SMARTS) is 4. The molecule has 8 bridgehead atoms. The van der Waals surface area contributed by atoms with Gasteiger partial charge in [0, 0.05) is 175 Å². The van der Waals surface area contributed by atoms with E-state index in [2.05, 4.69) is 21.9 Å². The Kier molecular flexibility index (Phi) is 20.2. The third-order valence-electron chi connectivity index (χ3n) is 9.96. The summed E-state index contributed by atoms with van der Waals surface area (Å²) in [6.07, 6.45) is 0.722. The van der Waals surface area contributed by atoms with E-state index in [0.29, 0.717) is 28.9 Å². The summed E-state index contributed by atoms with van der Waals surface area (Å²) in [5, 5.41) is 41.4. The van der Waals surface area contributed by atoms with Crippen molar-refractivity contribution in [1.82, 2.24) is 25.3 Å². The van der Waals surface area contributed by atoms with Gasteiger partial charge in [-0.05, 0) is 74.1 Å². The Morgan fingerprint density at radius 3 is 2.04 bits per heavy atom. The van der Waals surface area contributed by atoms with Crippen LogP contribution in [0.2, 0.25) is 0 Å². The van der Waals surface area contributed by atoms with E-state index in [1.54, 1.807) is 19.1 Å². The molecule has 3 aromatic rings. The predicted octanol–water partition coefficient (Wildman–Crippen LogP) is 3.97. The van der Waals surface area contributed by atoms with E-state index >= 15 is 0 Å². The van der Waals surface area contributed by atoms with Crippen molar-refractivity contribution in [3.05, 3.63) is 75.4 Å². The molecular weight excluding hydrogens is 762 g/mol. The minimum Gasteiger partial charge on any atom is -0.481 e. The van der Waals surface area contributed by atoms with Crippen LogP contribution < -0.4 is 5.32 Å². The van der Waals surface area contributed by atoms with Crippen molar-refractivity contribution in [2.75, 3.05) is 0 Å². The monoisotopic (exact) mass is 803 g/mol. The van der Waals surface area contributed by atoms with Crippen molar-refractivity contribution >= 4 is 187 Å². The van der Waals surface area contributed by atoms with E-state index in [-0.39, 0.29) is 154 Å². The van der Waals surface area contributed by atoms with E-state index in [9.17, 15) is 44.4 Å². The average molecular weight is 804 g/mol. The van der Waals surface area contributed by atoms with Gasteiger partial charge in [-0.25, -0.2) is 14.6 Å². The first-order chi connectivity index (χ1) is 24.6. The quantitative estimate of drug-likeness (QED) is 0.129. The van der Waals surface area contributed by atoms with Gasteiger partial charge in [-0.15, -0.1) is 0 Å². The Morgan fingerprint density at radius 1 is 0.857 bits per heavy atom. The number of carbonyl (C=O) groups is 5. The molecule has 0 saturated carbocycles. The largest absolute Gasteiger partial charge is 0.481 e. The number of rotatable bonds is 12. The maximum atomic E-state index is 13.6. The molecule has 0 aliphatic carbocycles. The molecule has 0 fully saturated rings. The molecule has 18 heteroatoms. The molecule has 0 unspecified atom stereocenters. The SMILES string of the molecule is C=Cc1c(C)c2cc3nc(c(CC(=O)N[C@@H](CC(=O)O)C(=O)O)c4nc(cc5[nH]c(cc1[nH]2)c(C)c5CC)C(C)=C4C(=O)O)[C@@H](CCC(=O)O)[C@@H]3C.[Na].[Na].[Na].[Na]. The van der Waals surface area contributed by atoms with Gasteiger partial charge >= 0.3 is 23.9 Å². The molecule has 3 aromatic heterocycles. The number of hydrogen-bond acceptors (Lipinski definition) is 7. The summed E-state index contributed by atoms with van der Waals surface area (Å²) >= 11 is 0. The minimum atomic E-state index is -1.77. The van der Waals surface area contributed by atoms with Crippen LogP contribution in [0.4, 0.5) is 0 Å². The zero-order valence-electron chi connectivity index (χ0n) is 33.5. The number of carboxylic acids is 4. The third kappa shape index (κ3) is 11.0. The standard InChI is InChI=1S/C38H41N5O9.4Na/c1-7-20-16(3)24-12-26-18(5)22(9-10-32(45)46)35(42-26)23(11-31(44)41-30(37(49)50)15-33(47)48)36-34(38(51)52)19(6)27(43-36)14-29-21(8-2)17(4)25(40-29)13-28(20)39-24;;;;/h7,12-14,18,22,30,39-40H,1,8-11,15H2,2-6H3,(H,41,44)(H,45,46)(H,47,48)(H,49,50)(H,51,52);;;;/t18-,22-,30-;;;;/m0..../s1. The molecule has 56 heavy (non-hydrogen) atoms. The predicted molar refractivity (Wildman–Crippen MR) is 217 cm³/mol. The fourth-order valence-corrected chi connectivity index (χ4v) is 7.16. The molecule has 5 rings (SSSR count). The van der Waals surface area contributed by atoms with Crippen molar-refractivity contribution in [2.45, 2.75) is 84.6 Å². The maximum Gasteiger partial charge on any atom is 0.338 e. The number of hydrogen-bond donors (Lipinski definition) is 7. The second-order valence-electron chi connectivity index (χ2n) is 13.1. The van der Waals surface area contributed by atoms with Crippen molar-refractivity contribution in [1.29, 1.82) is 0 Å². The number of fused-ring (bicyclic) bond motifs is 8. The molecule has 3 atom stereocenters. The molecule has 2 aliphatic rings. The molecule has 0 spiro atoms. The van der Waals surface area contributed by atoms with Gasteiger partial charge in [-0.1, -0.05) is 26.5 Å². The van der Waals surface area contributed by atoms with E-state index in [0.717, 1.165) is 38.8 Å². The summed E-state index contributed by atoms with van der Waals surface area (Å²) in [5.41, 5.74) is 7.95. The van der Waals surface area contributed by atoms with Gasteiger partial charge < -0.3 is 35.7 Å². The van der Waals surface area contributed by atoms with Gasteiger partial charge in [0.25, 0.3) is 0 Å². The zero-order chi connectivity index (χ0) is 38.2. The van der Waals surface area contributed by atoms with Gasteiger partial charge in [0.15, 0.2) is 0 Å². The number of aromatic amines is 2. The van der Waals surface area contributed by atoms with Crippen LogP contribution in [0, 0.1) is 13.8 Å². The Balaban J connectivity index is 0.00000392. The molecule has 14 nitrogen and oxygen atoms in total. The summed E-state index contributed by atoms with van der Waals surface area (Å²) in [6, 6.07) is 3.81. The molecule has 2 aliphatic heterocycles. The molecular formula is C38H41N5Na4O9. The Bertz CT molecular complexity index is 2260. The first-order valence-electron chi connectivity index (χ1n) is 16.8. The Labute approximate surface area is 412 Å². The summed E-state index contributed by atoms with van der Waals surface area (Å²) in [7, 11) is 0. The molecule has 4 radical (unpaired) electrons. The number of aryl methyl sites for hydroxylation is 3. The zero-order valence-corrected chi connectivity index (χ0v) is 41.5. The third-order valence-corrected chi connectivity index (χ3v) is 9.96. The molecule has 7 N–H and O–H groups in total. The summed E-state index contributed by atoms with van der Waals surface area (Å²) in [4.78, 5) is 78.4. The van der Waals surface area contributed by atoms with Gasteiger partial charge in [-0.3, -0.25) is 19.4 Å². The van der Waals surface area contributed by atoms with Crippen LogP contribution in [0.15, 0.2) is 24.8 Å². The number of H-pyrrole nitrogens is 2. The average Bonchev–Trinajstić information content (AvgIpc) is 3.74. The van der Waals surface area contributed by atoms with Crippen LogP contribution in [-0.2, 0) is 36.8 Å². The van der Waals surface area contributed by atoms with Crippen molar-refractivity contribution < 1.29 is 44.4 Å². The van der Waals surface area contributed by atoms with Crippen LogP contribution in [0.1, 0.15) is 102 Å². The van der Waals surface area contributed by atoms with Gasteiger partial charge in [0.1, 0.15) is 6.04 Å². The second-order valence-corrected chi connectivity index (χ2v) is 13.1. The molecule has 0 saturated heterocycles. The number of aromatic nitrogens is 4. The van der Waals surface area contributed by atoms with Gasteiger partial charge in [-0.2, -0.15) is 0 Å². The number of amides is 1. The normalized spacial score (nSPS) is 14.9. The number of nitrogens with zero attached hydrogens (tertiary/aromatic N) is 2. The molecule has 0 aromatic carbocycles. The number of nitrogens with one attached hydrogen (secondary N) is 3. The smallest absolute Gasteiger partial charge is 0.338 e. The first-order valence-corrected chi connectivity index (χ1v) is 16.8. The van der Waals surface area contributed by atoms with Gasteiger partial charge in [0.2, 0.25) is 5.91 Å². The van der Waals surface area contributed by atoms with E-state index in [4.69, 9.17) is 9.97 Å². The van der Waals surface area contributed by atoms with E-state index in [1.165, 1.54) is 0 Å². The number of aliphatic carboxylic acids is 4. The van der Waals surface area contributed by atoms with Crippen molar-refractivity contribution in [3.8, 4) is 0 Å². The van der Waals surface area contributed by atoms with Crippen LogP contribution in [0.3, 0.4) is 0 Å². The van der Waals surface area contributed by atoms with Crippen molar-refractivity contribution in [3.63, 3.8) is 0 Å². The van der Waals surface area contributed by atoms with Crippen LogP contribution in [0.25, 0.3) is 39.3 Å². The Morgan fingerprint density at radius 2 is 1.48 bits per heavy atom. The number of carbonyl (C=O) groups excluding carboxylic acids is 1. The Hall–Kier alpha value is -2.05. The molecule has 276 valence electrons. The number of allylic oxidation sites excluding steroid dienone is 1. The molecule has 1 amide bonds. The summed E-state index contributed by atoms with van der Waals surface area (Å²) in [6.45, 7) is 13.4. The van der Waals surface area contributed by atoms with Crippen molar-refractivity contribution in [2.24, 2.45) is 0 Å². The van der Waals surface area contributed by atoms with Crippen LogP contribution in [-0.4, -0.2) is 194 Å².